The minimum absolute atomic E-state index is 0.878. The zero-order valence-corrected chi connectivity index (χ0v) is 7.13. The van der Waals surface area contributed by atoms with Crippen LogP contribution < -0.4 is 5.73 Å². The van der Waals surface area contributed by atoms with Crippen molar-refractivity contribution < 1.29 is 0 Å². The van der Waals surface area contributed by atoms with Crippen LogP contribution in [0.25, 0.3) is 0 Å². The van der Waals surface area contributed by atoms with E-state index < -0.39 is 0 Å². The lowest BCUT2D eigenvalue weighted by molar-refractivity contribution is 0.311. The van der Waals surface area contributed by atoms with Gasteiger partial charge in [0.1, 0.15) is 0 Å². The number of hydrogen-bond donors (Lipinski definition) is 1. The van der Waals surface area contributed by atoms with Gasteiger partial charge in [-0.2, -0.15) is 0 Å². The Morgan fingerprint density at radius 3 is 2.73 bits per heavy atom. The van der Waals surface area contributed by atoms with Gasteiger partial charge >= 0.3 is 0 Å². The zero-order chi connectivity index (χ0) is 7.68. The molecule has 0 aromatic carbocycles. The van der Waals surface area contributed by atoms with Crippen LogP contribution in [0.4, 0.5) is 0 Å². The predicted molar refractivity (Wildman–Crippen MR) is 46.4 cm³/mol. The smallest absolute Gasteiger partial charge is 0.00965 e. The number of likely N-dealkylation sites (tertiary alicyclic amines) is 1. The van der Waals surface area contributed by atoms with Gasteiger partial charge in [0.15, 0.2) is 0 Å². The molecule has 1 heterocycles. The molecule has 0 bridgehead atoms. The van der Waals surface area contributed by atoms with E-state index in [9.17, 15) is 0 Å². The summed E-state index contributed by atoms with van der Waals surface area (Å²) in [6, 6.07) is 0.970. The van der Waals surface area contributed by atoms with E-state index >= 15 is 0 Å². The topological polar surface area (TPSA) is 29.3 Å². The largest absolute Gasteiger partial charge is 0.330 e. The molecule has 0 radical (unpaired) electrons. The maximum absolute atomic E-state index is 5.53. The summed E-state index contributed by atoms with van der Waals surface area (Å²) in [4.78, 5) is 2.65. The molecule has 1 unspecified atom stereocenters. The summed E-state index contributed by atoms with van der Waals surface area (Å²) in [5, 5.41) is 0. The summed E-state index contributed by atoms with van der Waals surface area (Å²) in [7, 11) is 0. The van der Waals surface area contributed by atoms with Gasteiger partial charge in [-0.25, -0.2) is 0 Å². The van der Waals surface area contributed by atoms with Gasteiger partial charge < -0.3 is 10.6 Å². The van der Waals surface area contributed by atoms with Gasteiger partial charge in [0, 0.05) is 12.6 Å². The van der Waals surface area contributed by atoms with Crippen molar-refractivity contribution in [3.63, 3.8) is 0 Å². The molecular weight excluding hydrogens is 136 g/mol. The van der Waals surface area contributed by atoms with Crippen LogP contribution in [0.3, 0.4) is 0 Å². The molecule has 0 aromatic rings. The van der Waals surface area contributed by atoms with Gasteiger partial charge in [0.2, 0.25) is 0 Å². The standard InChI is InChI=1S/C9H18N2/c10-5-3-8-4-6-11(7-8)9-1-2-9/h8-9H,1-7,10H2. The lowest BCUT2D eigenvalue weighted by Crippen LogP contribution is -2.23. The lowest BCUT2D eigenvalue weighted by atomic mass is 10.1. The second kappa shape index (κ2) is 3.11. The first-order chi connectivity index (χ1) is 5.40. The second-order valence-electron chi connectivity index (χ2n) is 3.96. The van der Waals surface area contributed by atoms with E-state index in [4.69, 9.17) is 5.73 Å². The fraction of sp³-hybridized carbons (Fsp3) is 1.00. The van der Waals surface area contributed by atoms with Crippen LogP contribution in [-0.4, -0.2) is 30.6 Å². The third kappa shape index (κ3) is 1.74. The molecule has 1 aliphatic heterocycles. The summed E-state index contributed by atoms with van der Waals surface area (Å²) in [5.74, 6) is 0.917. The van der Waals surface area contributed by atoms with Crippen molar-refractivity contribution in [2.75, 3.05) is 19.6 Å². The average molecular weight is 154 g/mol. The molecule has 64 valence electrons. The third-order valence-corrected chi connectivity index (χ3v) is 2.96. The molecule has 0 spiro atoms. The van der Waals surface area contributed by atoms with Gasteiger partial charge in [0.05, 0.1) is 0 Å². The van der Waals surface area contributed by atoms with Gasteiger partial charge in [-0.1, -0.05) is 0 Å². The molecule has 1 atom stereocenters. The Balaban J connectivity index is 1.74. The second-order valence-corrected chi connectivity index (χ2v) is 3.96. The fourth-order valence-electron chi connectivity index (χ4n) is 2.11. The highest BCUT2D eigenvalue weighted by Gasteiger charge is 2.33. The molecule has 0 amide bonds. The van der Waals surface area contributed by atoms with Crippen LogP contribution in [0, 0.1) is 5.92 Å². The van der Waals surface area contributed by atoms with E-state index in [-0.39, 0.29) is 0 Å². The van der Waals surface area contributed by atoms with E-state index in [2.05, 4.69) is 4.90 Å². The first-order valence-corrected chi connectivity index (χ1v) is 4.84. The van der Waals surface area contributed by atoms with E-state index in [1.54, 1.807) is 0 Å². The number of rotatable bonds is 3. The molecule has 2 heteroatoms. The fourth-order valence-corrected chi connectivity index (χ4v) is 2.11. The monoisotopic (exact) mass is 154 g/mol. The summed E-state index contributed by atoms with van der Waals surface area (Å²) in [6.45, 7) is 3.56. The molecule has 2 rings (SSSR count). The van der Waals surface area contributed by atoms with Crippen LogP contribution in [0.5, 0.6) is 0 Å². The number of hydrogen-bond acceptors (Lipinski definition) is 2. The molecule has 1 aliphatic carbocycles. The van der Waals surface area contributed by atoms with Crippen LogP contribution >= 0.6 is 0 Å². The highest BCUT2D eigenvalue weighted by molar-refractivity contribution is 4.89. The minimum atomic E-state index is 0.878. The van der Waals surface area contributed by atoms with Gasteiger partial charge in [0.25, 0.3) is 0 Å². The molecule has 1 saturated carbocycles. The van der Waals surface area contributed by atoms with E-state index in [0.29, 0.717) is 0 Å². The quantitative estimate of drug-likeness (QED) is 0.652. The Morgan fingerprint density at radius 2 is 2.09 bits per heavy atom. The van der Waals surface area contributed by atoms with Crippen molar-refractivity contribution in [2.24, 2.45) is 11.7 Å². The van der Waals surface area contributed by atoms with Crippen molar-refractivity contribution in [2.45, 2.75) is 31.7 Å². The molecule has 0 aromatic heterocycles. The SMILES string of the molecule is NCCC1CCN(C2CC2)C1. The number of nitrogens with two attached hydrogens (primary N) is 1. The molecule has 2 nitrogen and oxygen atoms in total. The maximum atomic E-state index is 5.53. The van der Waals surface area contributed by atoms with E-state index in [1.165, 1.54) is 38.8 Å². The van der Waals surface area contributed by atoms with Crippen molar-refractivity contribution >= 4 is 0 Å². The molecule has 1 saturated heterocycles. The normalized spacial score (nSPS) is 33.0. The summed E-state index contributed by atoms with van der Waals surface area (Å²) in [6.07, 6.45) is 5.54. The maximum Gasteiger partial charge on any atom is 0.00965 e. The van der Waals surface area contributed by atoms with Crippen molar-refractivity contribution in [1.29, 1.82) is 0 Å². The summed E-state index contributed by atoms with van der Waals surface area (Å²) in [5.41, 5.74) is 5.53. The van der Waals surface area contributed by atoms with Crippen molar-refractivity contribution in [1.82, 2.24) is 4.90 Å². The van der Waals surface area contributed by atoms with Crippen LogP contribution in [0.2, 0.25) is 0 Å². The minimum Gasteiger partial charge on any atom is -0.330 e. The first kappa shape index (κ1) is 7.56. The molecule has 2 N–H and O–H groups in total. The predicted octanol–water partition coefficient (Wildman–Crippen LogP) is 0.820. The van der Waals surface area contributed by atoms with Gasteiger partial charge in [-0.3, -0.25) is 0 Å². The highest BCUT2D eigenvalue weighted by Crippen LogP contribution is 2.32. The molecule has 2 fully saturated rings. The van der Waals surface area contributed by atoms with Gasteiger partial charge in [-0.05, 0) is 44.7 Å². The van der Waals surface area contributed by atoms with Crippen molar-refractivity contribution in [3.05, 3.63) is 0 Å². The Labute approximate surface area is 68.7 Å². The Bertz CT molecular complexity index is 132. The van der Waals surface area contributed by atoms with Crippen LogP contribution in [0.15, 0.2) is 0 Å². The average Bonchev–Trinajstić information content (AvgIpc) is 2.75. The highest BCUT2D eigenvalue weighted by atomic mass is 15.2. The third-order valence-electron chi connectivity index (χ3n) is 2.96. The Morgan fingerprint density at radius 1 is 1.27 bits per heavy atom. The van der Waals surface area contributed by atoms with Crippen LogP contribution in [-0.2, 0) is 0 Å². The molecule has 11 heavy (non-hydrogen) atoms. The zero-order valence-electron chi connectivity index (χ0n) is 7.13. The Hall–Kier alpha value is -0.0800. The van der Waals surface area contributed by atoms with Crippen molar-refractivity contribution in [3.8, 4) is 0 Å². The van der Waals surface area contributed by atoms with Crippen LogP contribution in [0.1, 0.15) is 25.7 Å². The Kier molecular flexibility index (Phi) is 2.14. The lowest BCUT2D eigenvalue weighted by Gasteiger charge is -2.13. The van der Waals surface area contributed by atoms with E-state index in [1.807, 2.05) is 0 Å². The summed E-state index contributed by atoms with van der Waals surface area (Å²) >= 11 is 0. The number of nitrogens with zero attached hydrogens (tertiary/aromatic N) is 1. The molecule has 2 aliphatic rings. The van der Waals surface area contributed by atoms with E-state index in [0.717, 1.165) is 18.5 Å². The van der Waals surface area contributed by atoms with Gasteiger partial charge in [-0.15, -0.1) is 0 Å². The first-order valence-electron chi connectivity index (χ1n) is 4.84. The molecular formula is C9H18N2. The summed E-state index contributed by atoms with van der Waals surface area (Å²) < 4.78 is 0.